The predicted octanol–water partition coefficient (Wildman–Crippen LogP) is 1.49. The summed E-state index contributed by atoms with van der Waals surface area (Å²) >= 11 is 0. The van der Waals surface area contributed by atoms with E-state index in [0.717, 1.165) is 19.3 Å². The van der Waals surface area contributed by atoms with Crippen molar-refractivity contribution in [2.45, 2.75) is 32.5 Å². The van der Waals surface area contributed by atoms with Gasteiger partial charge in [0.25, 0.3) is 0 Å². The number of hydrogen-bond donors (Lipinski definition) is 1. The third-order valence-corrected chi connectivity index (χ3v) is 1.99. The molecule has 0 aromatic rings. The van der Waals surface area contributed by atoms with Crippen LogP contribution in [0.1, 0.15) is 26.2 Å². The summed E-state index contributed by atoms with van der Waals surface area (Å²) in [7, 11) is 0. The maximum atomic E-state index is 11.2. The van der Waals surface area contributed by atoms with E-state index in [4.69, 9.17) is 14.6 Å². The maximum absolute atomic E-state index is 11.2. The largest absolute Gasteiger partial charge is 0.511 e. The van der Waals surface area contributed by atoms with Crippen molar-refractivity contribution in [3.05, 3.63) is 12.0 Å². The van der Waals surface area contributed by atoms with Crippen molar-refractivity contribution in [3.63, 3.8) is 0 Å². The molecule has 0 aromatic heterocycles. The number of ether oxygens (including phenoxy) is 3. The number of rotatable bonds is 4. The van der Waals surface area contributed by atoms with Crippen molar-refractivity contribution < 1.29 is 24.1 Å². The Hall–Kier alpha value is -1.23. The second-order valence-corrected chi connectivity index (χ2v) is 3.13. The van der Waals surface area contributed by atoms with Gasteiger partial charge in [0.1, 0.15) is 6.26 Å². The number of aliphatic hydroxyl groups excluding tert-OH is 1. The van der Waals surface area contributed by atoms with Crippen LogP contribution in [-0.4, -0.2) is 30.6 Å². The molecule has 0 amide bonds. The van der Waals surface area contributed by atoms with Crippen molar-refractivity contribution >= 4 is 5.97 Å². The summed E-state index contributed by atoms with van der Waals surface area (Å²) in [6.45, 7) is 2.54. The molecular weight excluding hydrogens is 200 g/mol. The zero-order valence-electron chi connectivity index (χ0n) is 8.77. The number of carbonyl (C=O) groups excluding carboxylic acids is 1. The Morgan fingerprint density at radius 3 is 2.93 bits per heavy atom. The van der Waals surface area contributed by atoms with Crippen LogP contribution in [-0.2, 0) is 19.0 Å². The normalized spacial score (nSPS) is 22.2. The second kappa shape index (κ2) is 6.29. The van der Waals surface area contributed by atoms with Gasteiger partial charge in [-0.2, -0.15) is 0 Å². The average molecular weight is 216 g/mol. The number of carbonyl (C=O) groups is 1. The third-order valence-electron chi connectivity index (χ3n) is 1.99. The molecule has 1 rings (SSSR count). The highest BCUT2D eigenvalue weighted by molar-refractivity contribution is 5.85. The lowest BCUT2D eigenvalue weighted by Crippen LogP contribution is -2.24. The van der Waals surface area contributed by atoms with Crippen molar-refractivity contribution in [3.8, 4) is 0 Å². The van der Waals surface area contributed by atoms with E-state index in [1.807, 2.05) is 0 Å². The number of esters is 1. The van der Waals surface area contributed by atoms with E-state index in [2.05, 4.69) is 4.74 Å². The van der Waals surface area contributed by atoms with Gasteiger partial charge in [0.15, 0.2) is 6.29 Å². The summed E-state index contributed by atoms with van der Waals surface area (Å²) in [5.74, 6) is -0.877. The first-order chi connectivity index (χ1) is 7.27. The minimum atomic E-state index is -0.672. The SMILES string of the molecule is CCOC(=O)C(=CO)OC1CCCCO1. The second-order valence-electron chi connectivity index (χ2n) is 3.13. The van der Waals surface area contributed by atoms with Gasteiger partial charge in [-0.25, -0.2) is 4.79 Å². The van der Waals surface area contributed by atoms with E-state index in [9.17, 15) is 4.79 Å². The van der Waals surface area contributed by atoms with Gasteiger partial charge in [0.05, 0.1) is 13.2 Å². The van der Waals surface area contributed by atoms with E-state index < -0.39 is 12.3 Å². The Kier molecular flexibility index (Phi) is 4.97. The average Bonchev–Trinajstić information content (AvgIpc) is 2.27. The van der Waals surface area contributed by atoms with Crippen LogP contribution in [0.3, 0.4) is 0 Å². The zero-order valence-corrected chi connectivity index (χ0v) is 8.77. The summed E-state index contributed by atoms with van der Waals surface area (Å²) in [6, 6.07) is 0. The highest BCUT2D eigenvalue weighted by Gasteiger charge is 2.21. The molecule has 1 saturated heterocycles. The highest BCUT2D eigenvalue weighted by Crippen LogP contribution is 2.17. The maximum Gasteiger partial charge on any atom is 0.376 e. The molecule has 0 spiro atoms. The van der Waals surface area contributed by atoms with Gasteiger partial charge in [-0.3, -0.25) is 0 Å². The van der Waals surface area contributed by atoms with Crippen molar-refractivity contribution in [1.29, 1.82) is 0 Å². The molecular formula is C10H16O5. The quantitative estimate of drug-likeness (QED) is 0.438. The molecule has 0 bridgehead atoms. The summed E-state index contributed by atoms with van der Waals surface area (Å²) in [6.07, 6.45) is 2.86. The van der Waals surface area contributed by atoms with Crippen LogP contribution in [0, 0.1) is 0 Å². The smallest absolute Gasteiger partial charge is 0.376 e. The minimum Gasteiger partial charge on any atom is -0.511 e. The lowest BCUT2D eigenvalue weighted by atomic mass is 10.2. The molecule has 5 heteroatoms. The van der Waals surface area contributed by atoms with E-state index in [1.165, 1.54) is 0 Å². The van der Waals surface area contributed by atoms with Gasteiger partial charge in [0, 0.05) is 6.42 Å². The molecule has 0 aliphatic carbocycles. The van der Waals surface area contributed by atoms with Crippen LogP contribution in [0.2, 0.25) is 0 Å². The first-order valence-electron chi connectivity index (χ1n) is 5.07. The Balaban J connectivity index is 2.42. The summed E-state index contributed by atoms with van der Waals surface area (Å²) < 4.78 is 15.1. The molecule has 1 aliphatic heterocycles. The summed E-state index contributed by atoms with van der Waals surface area (Å²) in [4.78, 5) is 11.2. The predicted molar refractivity (Wildman–Crippen MR) is 52.0 cm³/mol. The van der Waals surface area contributed by atoms with Gasteiger partial charge < -0.3 is 19.3 Å². The molecule has 0 aromatic carbocycles. The van der Waals surface area contributed by atoms with Gasteiger partial charge in [-0.15, -0.1) is 0 Å². The first-order valence-corrected chi connectivity index (χ1v) is 5.07. The molecule has 15 heavy (non-hydrogen) atoms. The van der Waals surface area contributed by atoms with E-state index in [-0.39, 0.29) is 12.4 Å². The van der Waals surface area contributed by atoms with Crippen LogP contribution in [0.15, 0.2) is 12.0 Å². The lowest BCUT2D eigenvalue weighted by molar-refractivity contribution is -0.164. The number of aliphatic hydroxyl groups is 1. The third kappa shape index (κ3) is 3.79. The first kappa shape index (κ1) is 11.8. The van der Waals surface area contributed by atoms with Gasteiger partial charge in [0.2, 0.25) is 5.76 Å². The van der Waals surface area contributed by atoms with Crippen LogP contribution in [0.25, 0.3) is 0 Å². The molecule has 0 radical (unpaired) electrons. The fourth-order valence-electron chi connectivity index (χ4n) is 1.28. The molecule has 86 valence electrons. The standard InChI is InChI=1S/C10H16O5/c1-2-13-10(12)8(7-11)15-9-5-3-4-6-14-9/h7,9,11H,2-6H2,1H3. The Bertz CT molecular complexity index is 230. The fourth-order valence-corrected chi connectivity index (χ4v) is 1.28. The fraction of sp³-hybridized carbons (Fsp3) is 0.700. The molecule has 5 nitrogen and oxygen atoms in total. The zero-order chi connectivity index (χ0) is 11.1. The monoisotopic (exact) mass is 216 g/mol. The highest BCUT2D eigenvalue weighted by atomic mass is 16.7. The van der Waals surface area contributed by atoms with Gasteiger partial charge in [-0.05, 0) is 19.8 Å². The van der Waals surface area contributed by atoms with Crippen LogP contribution in [0.5, 0.6) is 0 Å². The summed E-state index contributed by atoms with van der Waals surface area (Å²) in [5, 5.41) is 8.81. The van der Waals surface area contributed by atoms with Crippen molar-refractivity contribution in [2.75, 3.05) is 13.2 Å². The molecule has 1 atom stereocenters. The Labute approximate surface area is 88.6 Å². The Morgan fingerprint density at radius 1 is 1.60 bits per heavy atom. The van der Waals surface area contributed by atoms with Crippen molar-refractivity contribution in [1.82, 2.24) is 0 Å². The van der Waals surface area contributed by atoms with Crippen molar-refractivity contribution in [2.24, 2.45) is 0 Å². The minimum absolute atomic E-state index is 0.205. The molecule has 0 saturated carbocycles. The van der Waals surface area contributed by atoms with Crippen LogP contribution in [0.4, 0.5) is 0 Å². The van der Waals surface area contributed by atoms with Gasteiger partial charge >= 0.3 is 5.97 Å². The van der Waals surface area contributed by atoms with E-state index in [0.29, 0.717) is 12.9 Å². The molecule has 1 fully saturated rings. The van der Waals surface area contributed by atoms with Crippen LogP contribution >= 0.6 is 0 Å². The van der Waals surface area contributed by atoms with Gasteiger partial charge in [-0.1, -0.05) is 0 Å². The van der Waals surface area contributed by atoms with E-state index >= 15 is 0 Å². The topological polar surface area (TPSA) is 65.0 Å². The lowest BCUT2D eigenvalue weighted by Gasteiger charge is -2.23. The molecule has 1 heterocycles. The number of hydrogen-bond acceptors (Lipinski definition) is 5. The van der Waals surface area contributed by atoms with Crippen LogP contribution < -0.4 is 0 Å². The summed E-state index contributed by atoms with van der Waals surface area (Å²) in [5.41, 5.74) is 0. The molecule has 1 aliphatic rings. The molecule has 1 unspecified atom stereocenters. The Morgan fingerprint density at radius 2 is 2.40 bits per heavy atom. The molecule has 1 N–H and O–H groups in total. The van der Waals surface area contributed by atoms with E-state index in [1.54, 1.807) is 6.92 Å².